The zero-order chi connectivity index (χ0) is 18.6. The van der Waals surface area contributed by atoms with E-state index in [4.69, 9.17) is 9.26 Å². The fourth-order valence-electron chi connectivity index (χ4n) is 3.84. The van der Waals surface area contributed by atoms with Gasteiger partial charge < -0.3 is 14.2 Å². The van der Waals surface area contributed by atoms with E-state index in [0.29, 0.717) is 5.92 Å². The standard InChI is InChI=1S/C22H24N2O3/c1-26-18-11-9-16(10-12-18)17-6-4-5-13-24(15-17)22(25)14-20-19-7-2-3-8-21(19)27-23-20/h2-3,7-12,17H,4-6,13-15H2,1H3. The molecule has 2 heterocycles. The van der Waals surface area contributed by atoms with Crippen molar-refractivity contribution >= 4 is 16.9 Å². The number of hydrogen-bond donors (Lipinski definition) is 0. The lowest BCUT2D eigenvalue weighted by molar-refractivity contribution is -0.130. The van der Waals surface area contributed by atoms with Gasteiger partial charge in [-0.05, 0) is 42.7 Å². The molecule has 4 rings (SSSR count). The monoisotopic (exact) mass is 364 g/mol. The topological polar surface area (TPSA) is 55.6 Å². The van der Waals surface area contributed by atoms with E-state index in [9.17, 15) is 4.79 Å². The van der Waals surface area contributed by atoms with Gasteiger partial charge in [0.1, 0.15) is 11.4 Å². The van der Waals surface area contributed by atoms with Crippen molar-refractivity contribution in [2.75, 3.05) is 20.2 Å². The summed E-state index contributed by atoms with van der Waals surface area (Å²) in [5.74, 6) is 1.34. The van der Waals surface area contributed by atoms with Crippen LogP contribution in [-0.2, 0) is 11.2 Å². The molecule has 5 nitrogen and oxygen atoms in total. The molecular weight excluding hydrogens is 340 g/mol. The summed E-state index contributed by atoms with van der Waals surface area (Å²) in [7, 11) is 1.68. The molecule has 1 aromatic heterocycles. The van der Waals surface area contributed by atoms with Crippen LogP contribution in [0.25, 0.3) is 11.0 Å². The summed E-state index contributed by atoms with van der Waals surface area (Å²) in [5.41, 5.74) is 2.72. The quantitative estimate of drug-likeness (QED) is 0.697. The van der Waals surface area contributed by atoms with E-state index < -0.39 is 0 Å². The number of likely N-dealkylation sites (tertiary alicyclic amines) is 1. The Kier molecular flexibility index (Phi) is 5.10. The maximum atomic E-state index is 13.0. The molecule has 140 valence electrons. The third-order valence-electron chi connectivity index (χ3n) is 5.38. The van der Waals surface area contributed by atoms with E-state index in [1.807, 2.05) is 41.3 Å². The molecule has 0 radical (unpaired) electrons. The number of nitrogens with zero attached hydrogens (tertiary/aromatic N) is 2. The van der Waals surface area contributed by atoms with Crippen LogP contribution >= 0.6 is 0 Å². The van der Waals surface area contributed by atoms with Crippen LogP contribution in [0.1, 0.15) is 36.4 Å². The fraction of sp³-hybridized carbons (Fsp3) is 0.364. The number of rotatable bonds is 4. The van der Waals surface area contributed by atoms with Crippen molar-refractivity contribution in [3.63, 3.8) is 0 Å². The van der Waals surface area contributed by atoms with Crippen molar-refractivity contribution in [1.82, 2.24) is 10.1 Å². The smallest absolute Gasteiger partial charge is 0.228 e. The Morgan fingerprint density at radius 1 is 1.19 bits per heavy atom. The molecule has 27 heavy (non-hydrogen) atoms. The molecule has 0 N–H and O–H groups in total. The minimum absolute atomic E-state index is 0.120. The van der Waals surface area contributed by atoms with Crippen molar-refractivity contribution in [3.8, 4) is 5.75 Å². The average Bonchev–Trinajstić information content (AvgIpc) is 2.95. The Labute approximate surface area is 158 Å². The predicted octanol–water partition coefficient (Wildman–Crippen LogP) is 4.18. The molecule has 1 saturated heterocycles. The van der Waals surface area contributed by atoms with Crippen LogP contribution in [0.3, 0.4) is 0 Å². The van der Waals surface area contributed by atoms with Crippen molar-refractivity contribution in [3.05, 3.63) is 59.8 Å². The van der Waals surface area contributed by atoms with Crippen LogP contribution < -0.4 is 4.74 Å². The first-order valence-corrected chi connectivity index (χ1v) is 9.49. The first-order chi connectivity index (χ1) is 13.2. The summed E-state index contributed by atoms with van der Waals surface area (Å²) in [6, 6.07) is 15.9. The van der Waals surface area contributed by atoms with Gasteiger partial charge in [0.2, 0.25) is 5.91 Å². The molecular formula is C22H24N2O3. The first-order valence-electron chi connectivity index (χ1n) is 9.49. The third kappa shape index (κ3) is 3.82. The lowest BCUT2D eigenvalue weighted by Gasteiger charge is -2.25. The summed E-state index contributed by atoms with van der Waals surface area (Å²) < 4.78 is 10.6. The predicted molar refractivity (Wildman–Crippen MR) is 104 cm³/mol. The van der Waals surface area contributed by atoms with Crippen LogP contribution in [0.15, 0.2) is 53.1 Å². The number of hydrogen-bond acceptors (Lipinski definition) is 4. The number of para-hydroxylation sites is 1. The van der Waals surface area contributed by atoms with E-state index in [1.54, 1.807) is 7.11 Å². The number of fused-ring (bicyclic) bond motifs is 1. The van der Waals surface area contributed by atoms with Gasteiger partial charge in [0.05, 0.1) is 13.5 Å². The van der Waals surface area contributed by atoms with Crippen LogP contribution in [0.5, 0.6) is 5.75 Å². The zero-order valence-corrected chi connectivity index (χ0v) is 15.6. The molecule has 0 aliphatic carbocycles. The highest BCUT2D eigenvalue weighted by Crippen LogP contribution is 2.28. The number of carbonyl (C=O) groups excluding carboxylic acids is 1. The number of methoxy groups -OCH3 is 1. The highest BCUT2D eigenvalue weighted by atomic mass is 16.5. The second-order valence-corrected chi connectivity index (χ2v) is 7.11. The number of benzene rings is 2. The van der Waals surface area contributed by atoms with Gasteiger partial charge in [-0.25, -0.2) is 0 Å². The van der Waals surface area contributed by atoms with Crippen molar-refractivity contribution in [2.24, 2.45) is 0 Å². The minimum atomic E-state index is 0.120. The normalized spacial score (nSPS) is 17.7. The van der Waals surface area contributed by atoms with Crippen molar-refractivity contribution in [1.29, 1.82) is 0 Å². The molecule has 1 unspecified atom stereocenters. The Bertz CT molecular complexity index is 917. The third-order valence-corrected chi connectivity index (χ3v) is 5.38. The van der Waals surface area contributed by atoms with Gasteiger partial charge >= 0.3 is 0 Å². The van der Waals surface area contributed by atoms with Crippen LogP contribution in [0.4, 0.5) is 0 Å². The van der Waals surface area contributed by atoms with Crippen LogP contribution in [0, 0.1) is 0 Å². The lowest BCUT2D eigenvalue weighted by atomic mass is 9.94. The molecule has 1 aliphatic rings. The summed E-state index contributed by atoms with van der Waals surface area (Å²) >= 11 is 0. The summed E-state index contributed by atoms with van der Waals surface area (Å²) in [6.07, 6.45) is 3.56. The SMILES string of the molecule is COc1ccc(C2CCCCN(C(=O)Cc3noc4ccccc34)C2)cc1. The maximum Gasteiger partial charge on any atom is 0.228 e. The fourth-order valence-corrected chi connectivity index (χ4v) is 3.84. The zero-order valence-electron chi connectivity index (χ0n) is 15.6. The summed E-state index contributed by atoms with van der Waals surface area (Å²) in [6.45, 7) is 1.56. The molecule has 1 aliphatic heterocycles. The Morgan fingerprint density at radius 3 is 2.81 bits per heavy atom. The largest absolute Gasteiger partial charge is 0.497 e. The molecule has 1 fully saturated rings. The van der Waals surface area contributed by atoms with E-state index in [1.165, 1.54) is 5.56 Å². The summed E-state index contributed by atoms with van der Waals surface area (Å²) in [5, 5.41) is 5.04. The van der Waals surface area contributed by atoms with E-state index >= 15 is 0 Å². The second kappa shape index (κ2) is 7.82. The molecule has 5 heteroatoms. The van der Waals surface area contributed by atoms with Crippen molar-refractivity contribution < 1.29 is 14.1 Å². The minimum Gasteiger partial charge on any atom is -0.497 e. The maximum absolute atomic E-state index is 13.0. The molecule has 1 amide bonds. The number of aromatic nitrogens is 1. The Balaban J connectivity index is 1.48. The molecule has 3 aromatic rings. The Hall–Kier alpha value is -2.82. The first kappa shape index (κ1) is 17.6. The highest BCUT2D eigenvalue weighted by Gasteiger charge is 2.24. The highest BCUT2D eigenvalue weighted by molar-refractivity contribution is 5.86. The lowest BCUT2D eigenvalue weighted by Crippen LogP contribution is -2.35. The number of carbonyl (C=O) groups is 1. The van der Waals surface area contributed by atoms with Gasteiger partial charge in [0.15, 0.2) is 5.58 Å². The second-order valence-electron chi connectivity index (χ2n) is 7.11. The van der Waals surface area contributed by atoms with E-state index in [2.05, 4.69) is 17.3 Å². The van der Waals surface area contributed by atoms with Crippen molar-refractivity contribution in [2.45, 2.75) is 31.6 Å². The van der Waals surface area contributed by atoms with Gasteiger partial charge in [-0.2, -0.15) is 0 Å². The molecule has 1 atom stereocenters. The van der Waals surface area contributed by atoms with Gasteiger partial charge in [0, 0.05) is 24.4 Å². The average molecular weight is 364 g/mol. The van der Waals surface area contributed by atoms with E-state index in [0.717, 1.165) is 54.8 Å². The van der Waals surface area contributed by atoms with Gasteiger partial charge in [-0.15, -0.1) is 0 Å². The van der Waals surface area contributed by atoms with Gasteiger partial charge in [0.25, 0.3) is 0 Å². The summed E-state index contributed by atoms with van der Waals surface area (Å²) in [4.78, 5) is 15.0. The Morgan fingerprint density at radius 2 is 2.00 bits per heavy atom. The van der Waals surface area contributed by atoms with Gasteiger partial charge in [-0.1, -0.05) is 35.8 Å². The van der Waals surface area contributed by atoms with Gasteiger partial charge in [-0.3, -0.25) is 4.79 Å². The molecule has 0 spiro atoms. The molecule has 2 aromatic carbocycles. The number of ether oxygens (including phenoxy) is 1. The molecule has 0 saturated carbocycles. The molecule has 0 bridgehead atoms. The van der Waals surface area contributed by atoms with E-state index in [-0.39, 0.29) is 12.3 Å². The van der Waals surface area contributed by atoms with Crippen LogP contribution in [-0.4, -0.2) is 36.2 Å². The number of amides is 1. The van der Waals surface area contributed by atoms with Crippen LogP contribution in [0.2, 0.25) is 0 Å².